The van der Waals surface area contributed by atoms with Crippen molar-refractivity contribution >= 4 is 14.0 Å². The van der Waals surface area contributed by atoms with Gasteiger partial charge in [-0.2, -0.15) is 0 Å². The molecule has 2 aliphatic rings. The van der Waals surface area contributed by atoms with Gasteiger partial charge in [0.2, 0.25) is 0 Å². The van der Waals surface area contributed by atoms with Gasteiger partial charge in [-0.3, -0.25) is 0 Å². The summed E-state index contributed by atoms with van der Waals surface area (Å²) in [4.78, 5) is 0. The molecule has 254 valence electrons. The van der Waals surface area contributed by atoms with Crippen molar-refractivity contribution in [2.45, 2.75) is 82.4 Å². The Kier molecular flexibility index (Phi) is 8.74. The summed E-state index contributed by atoms with van der Waals surface area (Å²) in [5, 5.41) is 2.18. The molecule has 0 amide bonds. The van der Waals surface area contributed by atoms with E-state index < -0.39 is 33.0 Å². The number of hydrogen-bond donors (Lipinski definition) is 0. The van der Waals surface area contributed by atoms with Crippen molar-refractivity contribution in [3.05, 3.63) is 163 Å². The van der Waals surface area contributed by atoms with E-state index in [-0.39, 0.29) is 14.5 Å². The van der Waals surface area contributed by atoms with E-state index in [1.165, 1.54) is 59.9 Å². The molecule has 0 saturated heterocycles. The molecule has 0 aliphatic heterocycles. The van der Waals surface area contributed by atoms with Gasteiger partial charge >= 0.3 is 305 Å². The minimum atomic E-state index is -4.44. The summed E-state index contributed by atoms with van der Waals surface area (Å²) < 4.78 is 45.9. The van der Waals surface area contributed by atoms with Gasteiger partial charge in [-0.25, -0.2) is 0 Å². The molecule has 0 nitrogen and oxygen atoms in total. The minimum absolute atomic E-state index is 0.0350. The molecule has 0 aromatic heterocycles. The third-order valence-electron chi connectivity index (χ3n) is 10.5. The zero-order chi connectivity index (χ0) is 35.7. The number of aryl methyl sites for hydroxylation is 2. The van der Waals surface area contributed by atoms with Crippen molar-refractivity contribution in [2.24, 2.45) is 0 Å². The van der Waals surface area contributed by atoms with Crippen molar-refractivity contribution in [1.29, 1.82) is 0 Å². The summed E-state index contributed by atoms with van der Waals surface area (Å²) in [6.45, 7) is 18.1. The van der Waals surface area contributed by atoms with E-state index in [0.717, 1.165) is 26.0 Å². The number of alkyl halides is 3. The molecule has 4 heteroatoms. The van der Waals surface area contributed by atoms with E-state index in [1.54, 1.807) is 6.07 Å². The molecule has 0 heterocycles. The Labute approximate surface area is 302 Å². The average Bonchev–Trinajstić information content (AvgIpc) is 3.68. The maximum atomic E-state index is 14.4. The van der Waals surface area contributed by atoms with Crippen LogP contribution in [0.2, 0.25) is 0 Å². The van der Waals surface area contributed by atoms with E-state index in [4.69, 9.17) is 0 Å². The fourth-order valence-electron chi connectivity index (χ4n) is 8.39. The second-order valence-electron chi connectivity index (χ2n) is 16.2. The molecule has 5 aromatic carbocycles. The van der Waals surface area contributed by atoms with Gasteiger partial charge < -0.3 is 0 Å². The molecular weight excluding hydrogens is 701 g/mol. The van der Waals surface area contributed by atoms with E-state index >= 15 is 0 Å². The first-order valence-electron chi connectivity index (χ1n) is 17.6. The standard InChI is InChI=1S/C23H29.C18H11F3.C5H5.Zr/c1-14-9-16-11-17-10-15(2)21(23(6,7)8)13-19(17)18(16)12-20(14)22(3,4)5;19-18(20,21)16-9-3-5-13(12-16)11-15-8-4-7-14-6-1-2-10-17(14)15;1-2-4-5-3-1;/h9-13H,1-8H3;1-10,12H;1-3H,4H2;. The Hall–Kier alpha value is -3.62. The van der Waals surface area contributed by atoms with Crippen molar-refractivity contribution in [2.75, 3.05) is 0 Å². The molecule has 0 bridgehead atoms. The summed E-state index contributed by atoms with van der Waals surface area (Å²) >= 11 is -3.27. The van der Waals surface area contributed by atoms with E-state index in [9.17, 15) is 13.2 Å². The van der Waals surface area contributed by atoms with Gasteiger partial charge in [0.1, 0.15) is 0 Å². The third-order valence-corrected chi connectivity index (χ3v) is 18.8. The number of halogens is 3. The SMILES string of the molecule is Cc1cc2c(cc1C(C)(C)C)-c1cc(C(C)(C)C)c(C)cc1[CH]2[Zr]([C]1=CC=CC1)=[C](c1cccc(C(F)(F)F)c1)c1cccc2ccccc12. The van der Waals surface area contributed by atoms with Gasteiger partial charge in [-0.15, -0.1) is 0 Å². The van der Waals surface area contributed by atoms with Crippen LogP contribution in [-0.4, -0.2) is 3.21 Å². The van der Waals surface area contributed by atoms with Gasteiger partial charge in [0.15, 0.2) is 0 Å². The van der Waals surface area contributed by atoms with Crippen LogP contribution in [0.5, 0.6) is 0 Å². The molecule has 0 fully saturated rings. The predicted molar refractivity (Wildman–Crippen MR) is 201 cm³/mol. The van der Waals surface area contributed by atoms with Crippen LogP contribution < -0.4 is 0 Å². The van der Waals surface area contributed by atoms with Crippen LogP contribution in [0, 0.1) is 13.8 Å². The first kappa shape index (κ1) is 34.8. The van der Waals surface area contributed by atoms with Crippen LogP contribution in [-0.2, 0) is 38.3 Å². The van der Waals surface area contributed by atoms with Crippen LogP contribution >= 0.6 is 0 Å². The summed E-state index contributed by atoms with van der Waals surface area (Å²) in [7, 11) is 0. The van der Waals surface area contributed by atoms with E-state index in [0.29, 0.717) is 5.56 Å². The zero-order valence-corrected chi connectivity index (χ0v) is 32.8. The fraction of sp³-hybridized carbons (Fsp3) is 0.283. The molecule has 50 heavy (non-hydrogen) atoms. The van der Waals surface area contributed by atoms with E-state index in [1.807, 2.05) is 18.2 Å². The first-order valence-corrected chi connectivity index (χ1v) is 21.5. The van der Waals surface area contributed by atoms with Crippen molar-refractivity contribution < 1.29 is 34.4 Å². The Morgan fingerprint density at radius 2 is 1.26 bits per heavy atom. The topological polar surface area (TPSA) is 0 Å². The van der Waals surface area contributed by atoms with Crippen LogP contribution in [0.25, 0.3) is 21.9 Å². The number of fused-ring (bicyclic) bond motifs is 4. The van der Waals surface area contributed by atoms with Crippen molar-refractivity contribution in [1.82, 2.24) is 0 Å². The Morgan fingerprint density at radius 3 is 1.82 bits per heavy atom. The number of hydrogen-bond acceptors (Lipinski definition) is 0. The Morgan fingerprint density at radius 1 is 0.680 bits per heavy atom. The molecule has 2 aliphatic carbocycles. The molecule has 0 unspecified atom stereocenters. The van der Waals surface area contributed by atoms with Crippen LogP contribution in [0.15, 0.2) is 113 Å². The molecule has 0 atom stereocenters. The Balaban J connectivity index is 1.67. The molecule has 0 spiro atoms. The number of allylic oxidation sites excluding steroid dienone is 4. The third kappa shape index (κ3) is 6.17. The summed E-state index contributed by atoms with van der Waals surface area (Å²) in [6.07, 6.45) is 3.06. The number of rotatable bonds is 4. The average molecular weight is 746 g/mol. The fourth-order valence-corrected chi connectivity index (χ4v) is 17.4. The summed E-state index contributed by atoms with van der Waals surface area (Å²) in [6, 6.07) is 30.6. The molecule has 0 N–H and O–H groups in total. The molecular formula is C46H45F3Zr. The van der Waals surface area contributed by atoms with Gasteiger partial charge in [-0.05, 0) is 0 Å². The second kappa shape index (κ2) is 12.6. The molecule has 5 aromatic rings. The van der Waals surface area contributed by atoms with Crippen LogP contribution in [0.1, 0.15) is 102 Å². The summed E-state index contributed by atoms with van der Waals surface area (Å²) in [5.74, 6) is 0. The summed E-state index contributed by atoms with van der Waals surface area (Å²) in [5.41, 5.74) is 11.6. The second-order valence-corrected chi connectivity index (χ2v) is 22.4. The van der Waals surface area contributed by atoms with Crippen LogP contribution in [0.4, 0.5) is 13.2 Å². The van der Waals surface area contributed by atoms with Gasteiger partial charge in [0.25, 0.3) is 0 Å². The molecule has 7 rings (SSSR count). The van der Waals surface area contributed by atoms with Crippen LogP contribution in [0.3, 0.4) is 0 Å². The molecule has 0 radical (unpaired) electrons. The predicted octanol–water partition coefficient (Wildman–Crippen LogP) is 12.9. The van der Waals surface area contributed by atoms with Crippen molar-refractivity contribution in [3.8, 4) is 11.1 Å². The monoisotopic (exact) mass is 744 g/mol. The quantitative estimate of drug-likeness (QED) is 0.172. The first-order chi connectivity index (χ1) is 23.5. The maximum absolute atomic E-state index is 14.4. The van der Waals surface area contributed by atoms with E-state index in [2.05, 4.69) is 128 Å². The van der Waals surface area contributed by atoms with Gasteiger partial charge in [0.05, 0.1) is 0 Å². The number of benzene rings is 5. The van der Waals surface area contributed by atoms with Gasteiger partial charge in [0, 0.05) is 0 Å². The Bertz CT molecular complexity index is 2190. The zero-order valence-electron chi connectivity index (χ0n) is 30.3. The molecule has 0 saturated carbocycles. The normalized spacial score (nSPS) is 15.3. The van der Waals surface area contributed by atoms with Gasteiger partial charge in [-0.1, -0.05) is 0 Å². The van der Waals surface area contributed by atoms with Crippen molar-refractivity contribution in [3.63, 3.8) is 0 Å².